The molecular weight excluding hydrogens is 300 g/mol. The Labute approximate surface area is 136 Å². The first-order valence-electron chi connectivity index (χ1n) is 8.20. The van der Waals surface area contributed by atoms with Crippen molar-refractivity contribution >= 4 is 18.0 Å². The third kappa shape index (κ3) is 4.74. The Morgan fingerprint density at radius 2 is 1.61 bits per heavy atom. The van der Waals surface area contributed by atoms with Crippen LogP contribution in [-0.4, -0.2) is 73.2 Å². The first-order valence-corrected chi connectivity index (χ1v) is 8.20. The predicted molar refractivity (Wildman–Crippen MR) is 83.9 cm³/mol. The first-order chi connectivity index (χ1) is 11.0. The van der Waals surface area contributed by atoms with E-state index in [0.29, 0.717) is 13.1 Å². The van der Waals surface area contributed by atoms with Gasteiger partial charge in [-0.2, -0.15) is 0 Å². The molecule has 0 radical (unpaired) electrons. The largest absolute Gasteiger partial charge is 0.453 e. The van der Waals surface area contributed by atoms with Gasteiger partial charge in [-0.05, 0) is 32.6 Å². The lowest BCUT2D eigenvalue weighted by Gasteiger charge is -2.35. The van der Waals surface area contributed by atoms with E-state index in [0.717, 1.165) is 38.8 Å². The van der Waals surface area contributed by atoms with Crippen LogP contribution in [0.3, 0.4) is 0 Å². The lowest BCUT2D eigenvalue weighted by Crippen LogP contribution is -2.53. The molecule has 4 amide bonds. The fourth-order valence-electron chi connectivity index (χ4n) is 2.95. The number of methoxy groups -OCH3 is 1. The van der Waals surface area contributed by atoms with Crippen molar-refractivity contribution in [3.05, 3.63) is 0 Å². The van der Waals surface area contributed by atoms with E-state index in [9.17, 15) is 14.4 Å². The lowest BCUT2D eigenvalue weighted by atomic mass is 10.0. The Bertz CT molecular complexity index is 443. The van der Waals surface area contributed by atoms with Crippen LogP contribution in [0.2, 0.25) is 0 Å². The van der Waals surface area contributed by atoms with Crippen LogP contribution in [0.5, 0.6) is 0 Å². The molecule has 0 spiro atoms. The Hall–Kier alpha value is -1.99. The van der Waals surface area contributed by atoms with Crippen molar-refractivity contribution in [2.45, 2.75) is 44.7 Å². The van der Waals surface area contributed by atoms with Crippen molar-refractivity contribution in [3.8, 4) is 0 Å². The molecule has 2 saturated heterocycles. The number of ether oxygens (including phenoxy) is 1. The van der Waals surface area contributed by atoms with Gasteiger partial charge < -0.3 is 25.2 Å². The van der Waals surface area contributed by atoms with Crippen molar-refractivity contribution in [2.24, 2.45) is 0 Å². The van der Waals surface area contributed by atoms with Crippen LogP contribution in [0.4, 0.5) is 9.59 Å². The van der Waals surface area contributed by atoms with Crippen LogP contribution in [0, 0.1) is 0 Å². The van der Waals surface area contributed by atoms with Gasteiger partial charge in [-0.15, -0.1) is 0 Å². The summed E-state index contributed by atoms with van der Waals surface area (Å²) in [6.07, 6.45) is 3.01. The number of nitrogens with zero attached hydrogens (tertiary/aromatic N) is 2. The quantitative estimate of drug-likeness (QED) is 0.791. The molecule has 2 heterocycles. The maximum Gasteiger partial charge on any atom is 0.407 e. The van der Waals surface area contributed by atoms with Gasteiger partial charge in [0.05, 0.1) is 7.11 Å². The number of amides is 4. The van der Waals surface area contributed by atoms with Crippen molar-refractivity contribution in [1.82, 2.24) is 20.4 Å². The van der Waals surface area contributed by atoms with Gasteiger partial charge in [-0.1, -0.05) is 0 Å². The molecule has 2 fully saturated rings. The minimum absolute atomic E-state index is 0.0343. The maximum absolute atomic E-state index is 12.3. The molecule has 0 bridgehead atoms. The molecule has 23 heavy (non-hydrogen) atoms. The second kappa shape index (κ2) is 8.03. The molecule has 0 aliphatic carbocycles. The van der Waals surface area contributed by atoms with Crippen molar-refractivity contribution in [1.29, 1.82) is 0 Å². The molecule has 2 aliphatic heterocycles. The van der Waals surface area contributed by atoms with Gasteiger partial charge >= 0.3 is 12.1 Å². The Morgan fingerprint density at radius 1 is 1.04 bits per heavy atom. The number of hydrogen-bond donors (Lipinski definition) is 2. The van der Waals surface area contributed by atoms with Crippen molar-refractivity contribution in [3.63, 3.8) is 0 Å². The molecule has 1 atom stereocenters. The zero-order valence-corrected chi connectivity index (χ0v) is 13.8. The maximum atomic E-state index is 12.3. The molecule has 2 rings (SSSR count). The van der Waals surface area contributed by atoms with Crippen LogP contribution in [0.25, 0.3) is 0 Å². The van der Waals surface area contributed by atoms with Crippen LogP contribution in [0.15, 0.2) is 0 Å². The molecule has 8 nitrogen and oxygen atoms in total. The van der Waals surface area contributed by atoms with Crippen LogP contribution < -0.4 is 10.6 Å². The molecule has 2 aliphatic rings. The molecule has 0 aromatic carbocycles. The SMILES string of the molecule is COC(=O)N[C@H](C)C(=O)NC1CCN(C(=O)N2CCCC2)CC1. The minimum atomic E-state index is -0.647. The van der Waals surface area contributed by atoms with E-state index in [1.807, 2.05) is 9.80 Å². The smallest absolute Gasteiger partial charge is 0.407 e. The molecule has 0 unspecified atom stereocenters. The molecule has 130 valence electrons. The predicted octanol–water partition coefficient (Wildman–Crippen LogP) is 0.527. The van der Waals surface area contributed by atoms with Gasteiger partial charge in [-0.25, -0.2) is 9.59 Å². The zero-order valence-electron chi connectivity index (χ0n) is 13.8. The number of carbonyl (C=O) groups excluding carboxylic acids is 3. The fourth-order valence-corrected chi connectivity index (χ4v) is 2.95. The summed E-state index contributed by atoms with van der Waals surface area (Å²) in [5.74, 6) is -0.236. The summed E-state index contributed by atoms with van der Waals surface area (Å²) in [6.45, 7) is 4.62. The van der Waals surface area contributed by atoms with Gasteiger partial charge in [0.15, 0.2) is 0 Å². The standard InChI is InChI=1S/C15H26N4O4/c1-11(16-14(21)23-2)13(20)17-12-5-9-19(10-6-12)15(22)18-7-3-4-8-18/h11-12H,3-10H2,1-2H3,(H,16,21)(H,17,20)/t11-/m1/s1. The molecule has 2 N–H and O–H groups in total. The topological polar surface area (TPSA) is 91.0 Å². The second-order valence-corrected chi connectivity index (χ2v) is 6.10. The highest BCUT2D eigenvalue weighted by atomic mass is 16.5. The Balaban J connectivity index is 1.72. The van der Waals surface area contributed by atoms with Crippen LogP contribution in [0.1, 0.15) is 32.6 Å². The van der Waals surface area contributed by atoms with Crippen LogP contribution in [-0.2, 0) is 9.53 Å². The number of rotatable bonds is 3. The Morgan fingerprint density at radius 3 is 2.17 bits per heavy atom. The van der Waals surface area contributed by atoms with Gasteiger partial charge in [0.2, 0.25) is 5.91 Å². The summed E-state index contributed by atoms with van der Waals surface area (Å²) in [5.41, 5.74) is 0. The third-order valence-corrected chi connectivity index (χ3v) is 4.40. The van der Waals surface area contributed by atoms with E-state index >= 15 is 0 Å². The third-order valence-electron chi connectivity index (χ3n) is 4.40. The first kappa shape index (κ1) is 17.4. The van der Waals surface area contributed by atoms with Crippen molar-refractivity contribution < 1.29 is 19.1 Å². The van der Waals surface area contributed by atoms with Gasteiger partial charge in [-0.3, -0.25) is 4.79 Å². The van der Waals surface area contributed by atoms with E-state index in [1.54, 1.807) is 6.92 Å². The highest BCUT2D eigenvalue weighted by Crippen LogP contribution is 2.16. The highest BCUT2D eigenvalue weighted by molar-refractivity contribution is 5.85. The fraction of sp³-hybridized carbons (Fsp3) is 0.800. The molecule has 0 aromatic rings. The summed E-state index contributed by atoms with van der Waals surface area (Å²) in [4.78, 5) is 39.2. The number of carbonyl (C=O) groups is 3. The van der Waals surface area contributed by atoms with E-state index in [2.05, 4.69) is 15.4 Å². The van der Waals surface area contributed by atoms with E-state index < -0.39 is 12.1 Å². The van der Waals surface area contributed by atoms with Gasteiger partial charge in [0.25, 0.3) is 0 Å². The number of urea groups is 1. The second-order valence-electron chi connectivity index (χ2n) is 6.10. The zero-order chi connectivity index (χ0) is 16.8. The summed E-state index contributed by atoms with van der Waals surface area (Å²) >= 11 is 0. The summed E-state index contributed by atoms with van der Waals surface area (Å²) < 4.78 is 4.47. The van der Waals surface area contributed by atoms with E-state index in [1.165, 1.54) is 7.11 Å². The number of likely N-dealkylation sites (tertiary alicyclic amines) is 2. The normalized spacial score (nSPS) is 20.1. The number of alkyl carbamates (subject to hydrolysis) is 1. The van der Waals surface area contributed by atoms with Gasteiger partial charge in [0, 0.05) is 32.2 Å². The highest BCUT2D eigenvalue weighted by Gasteiger charge is 2.29. The van der Waals surface area contributed by atoms with Crippen molar-refractivity contribution in [2.75, 3.05) is 33.3 Å². The minimum Gasteiger partial charge on any atom is -0.453 e. The Kier molecular flexibility index (Phi) is 6.06. The summed E-state index contributed by atoms with van der Waals surface area (Å²) in [7, 11) is 1.26. The molecule has 0 aromatic heterocycles. The molecule has 8 heteroatoms. The average molecular weight is 326 g/mol. The number of nitrogens with one attached hydrogen (secondary N) is 2. The van der Waals surface area contributed by atoms with E-state index in [-0.39, 0.29) is 18.0 Å². The number of piperidine rings is 1. The van der Waals surface area contributed by atoms with Gasteiger partial charge in [0.1, 0.15) is 6.04 Å². The summed E-state index contributed by atoms with van der Waals surface area (Å²) in [6, 6.07) is -0.494. The summed E-state index contributed by atoms with van der Waals surface area (Å²) in [5, 5.41) is 5.35. The monoisotopic (exact) mass is 326 g/mol. The number of hydrogen-bond acceptors (Lipinski definition) is 4. The lowest BCUT2D eigenvalue weighted by molar-refractivity contribution is -0.123. The van der Waals surface area contributed by atoms with Crippen LogP contribution >= 0.6 is 0 Å². The van der Waals surface area contributed by atoms with E-state index in [4.69, 9.17) is 0 Å². The molecule has 0 saturated carbocycles. The average Bonchev–Trinajstić information content (AvgIpc) is 3.09. The molecular formula is C15H26N4O4.